The van der Waals surface area contributed by atoms with Gasteiger partial charge in [-0.25, -0.2) is 0 Å². The number of hydrogen-bond acceptors (Lipinski definition) is 4. The number of aryl methyl sites for hydroxylation is 2. The van der Waals surface area contributed by atoms with Gasteiger partial charge >= 0.3 is 5.69 Å². The van der Waals surface area contributed by atoms with Crippen LogP contribution < -0.4 is 5.32 Å². The Hall–Kier alpha value is -3.09. The van der Waals surface area contributed by atoms with E-state index in [1.165, 1.54) is 23.6 Å². The highest BCUT2D eigenvalue weighted by Crippen LogP contribution is 2.24. The third-order valence-electron chi connectivity index (χ3n) is 4.68. The van der Waals surface area contributed by atoms with Gasteiger partial charge in [0.05, 0.1) is 4.92 Å². The van der Waals surface area contributed by atoms with Crippen molar-refractivity contribution in [3.05, 3.63) is 69.0 Å². The van der Waals surface area contributed by atoms with Crippen molar-refractivity contribution in [2.45, 2.75) is 38.5 Å². The molecule has 1 aliphatic rings. The monoisotopic (exact) mass is 370 g/mol. The Morgan fingerprint density at radius 1 is 1.04 bits per heavy atom. The van der Waals surface area contributed by atoms with E-state index in [-0.39, 0.29) is 24.3 Å². The zero-order chi connectivity index (χ0) is 19.4. The molecule has 0 bridgehead atoms. The van der Waals surface area contributed by atoms with Gasteiger partial charge in [-0.05, 0) is 55.0 Å². The lowest BCUT2D eigenvalue weighted by atomic mass is 9.89. The third kappa shape index (κ3) is 4.55. The van der Waals surface area contributed by atoms with Gasteiger partial charge in [0, 0.05) is 30.2 Å². The van der Waals surface area contributed by atoms with Crippen molar-refractivity contribution in [2.75, 3.05) is 5.32 Å². The largest absolute Gasteiger partial charge is 0.326 e. The molecular formula is C20H19FN2O4. The molecule has 1 amide bonds. The molecule has 0 unspecified atom stereocenters. The number of nitro benzene ring substituents is 1. The smallest absolute Gasteiger partial charge is 0.306 e. The number of fused-ring (bicyclic) bond motifs is 1. The van der Waals surface area contributed by atoms with Gasteiger partial charge in [0.25, 0.3) is 0 Å². The molecule has 27 heavy (non-hydrogen) atoms. The van der Waals surface area contributed by atoms with Crippen LogP contribution in [0.5, 0.6) is 0 Å². The third-order valence-corrected chi connectivity index (χ3v) is 4.68. The maximum atomic E-state index is 13.3. The van der Waals surface area contributed by atoms with Gasteiger partial charge in [0.15, 0.2) is 5.78 Å². The lowest BCUT2D eigenvalue weighted by Gasteiger charge is -2.16. The Balaban J connectivity index is 1.58. The fraction of sp³-hybridized carbons (Fsp3) is 0.300. The lowest BCUT2D eigenvalue weighted by molar-refractivity contribution is -0.387. The predicted octanol–water partition coefficient (Wildman–Crippen LogP) is 4.21. The molecule has 7 heteroatoms. The molecule has 0 heterocycles. The normalized spacial score (nSPS) is 12.9. The maximum Gasteiger partial charge on any atom is 0.306 e. The Labute approximate surface area is 155 Å². The summed E-state index contributed by atoms with van der Waals surface area (Å²) in [4.78, 5) is 34.3. The SMILES string of the molecule is O=C(CCC(=O)c1ccc2c(c1)CCCC2)Nc1ccc(F)c([N+](=O)[O-])c1. The standard InChI is InChI=1S/C20H19FN2O4/c21-17-8-7-16(12-18(17)23(26)27)22-20(25)10-9-19(24)15-6-5-13-3-1-2-4-14(13)11-15/h5-8,11-12H,1-4,9-10H2,(H,22,25). The number of halogens is 1. The second-order valence-electron chi connectivity index (χ2n) is 6.59. The zero-order valence-electron chi connectivity index (χ0n) is 14.7. The van der Waals surface area contributed by atoms with Crippen LogP contribution in [0.25, 0.3) is 0 Å². The Bertz CT molecular complexity index is 911. The van der Waals surface area contributed by atoms with Crippen LogP contribution in [-0.4, -0.2) is 16.6 Å². The first-order chi connectivity index (χ1) is 12.9. The van der Waals surface area contributed by atoms with Crippen LogP contribution in [0, 0.1) is 15.9 Å². The number of anilines is 1. The number of Topliss-reactive ketones (excluding diaryl/α,β-unsaturated/α-hetero) is 1. The van der Waals surface area contributed by atoms with E-state index in [0.29, 0.717) is 5.56 Å². The number of ketones is 1. The zero-order valence-corrected chi connectivity index (χ0v) is 14.7. The summed E-state index contributed by atoms with van der Waals surface area (Å²) in [6, 6.07) is 8.82. The highest BCUT2D eigenvalue weighted by molar-refractivity contribution is 6.00. The second-order valence-corrected chi connectivity index (χ2v) is 6.59. The summed E-state index contributed by atoms with van der Waals surface area (Å²) in [5.41, 5.74) is 2.50. The topological polar surface area (TPSA) is 89.3 Å². The molecule has 0 saturated heterocycles. The number of carbonyl (C=O) groups is 2. The fourth-order valence-corrected chi connectivity index (χ4v) is 3.23. The highest BCUT2D eigenvalue weighted by atomic mass is 19.1. The van der Waals surface area contributed by atoms with Crippen LogP contribution in [0.3, 0.4) is 0 Å². The summed E-state index contributed by atoms with van der Waals surface area (Å²) in [7, 11) is 0. The Morgan fingerprint density at radius 3 is 2.52 bits per heavy atom. The van der Waals surface area contributed by atoms with E-state index >= 15 is 0 Å². The molecule has 0 atom stereocenters. The van der Waals surface area contributed by atoms with Crippen molar-refractivity contribution in [3.8, 4) is 0 Å². The van der Waals surface area contributed by atoms with Gasteiger partial charge in [-0.3, -0.25) is 19.7 Å². The average molecular weight is 370 g/mol. The van der Waals surface area contributed by atoms with Crippen LogP contribution in [0.15, 0.2) is 36.4 Å². The van der Waals surface area contributed by atoms with Crippen LogP contribution >= 0.6 is 0 Å². The van der Waals surface area contributed by atoms with Crippen LogP contribution in [0.4, 0.5) is 15.8 Å². The molecule has 0 aliphatic heterocycles. The van der Waals surface area contributed by atoms with Crippen molar-refractivity contribution in [1.82, 2.24) is 0 Å². The summed E-state index contributed by atoms with van der Waals surface area (Å²) in [6.45, 7) is 0. The number of carbonyl (C=O) groups excluding carboxylic acids is 2. The number of nitro groups is 1. The number of nitrogens with one attached hydrogen (secondary N) is 1. The molecule has 140 valence electrons. The molecule has 0 aromatic heterocycles. The molecule has 1 aliphatic carbocycles. The first kappa shape index (κ1) is 18.7. The minimum atomic E-state index is -0.972. The number of benzene rings is 2. The summed E-state index contributed by atoms with van der Waals surface area (Å²) in [5, 5.41) is 13.2. The number of hydrogen-bond donors (Lipinski definition) is 1. The van der Waals surface area contributed by atoms with E-state index < -0.39 is 22.3 Å². The molecule has 2 aromatic carbocycles. The molecule has 0 fully saturated rings. The van der Waals surface area contributed by atoms with E-state index in [2.05, 4.69) is 5.32 Å². The summed E-state index contributed by atoms with van der Waals surface area (Å²) in [5.74, 6) is -1.55. The maximum absolute atomic E-state index is 13.3. The van der Waals surface area contributed by atoms with E-state index in [0.717, 1.165) is 31.4 Å². The van der Waals surface area contributed by atoms with Gasteiger partial charge in [-0.2, -0.15) is 4.39 Å². The number of rotatable bonds is 6. The minimum Gasteiger partial charge on any atom is -0.326 e. The molecule has 0 spiro atoms. The van der Waals surface area contributed by atoms with Crippen molar-refractivity contribution in [1.29, 1.82) is 0 Å². The van der Waals surface area contributed by atoms with E-state index in [1.807, 2.05) is 12.1 Å². The molecule has 3 rings (SSSR count). The van der Waals surface area contributed by atoms with Crippen molar-refractivity contribution < 1.29 is 18.9 Å². The van der Waals surface area contributed by atoms with Gasteiger partial charge < -0.3 is 5.32 Å². The molecular weight excluding hydrogens is 351 g/mol. The first-order valence-electron chi connectivity index (χ1n) is 8.83. The second kappa shape index (κ2) is 8.07. The first-order valence-corrected chi connectivity index (χ1v) is 8.83. The van der Waals surface area contributed by atoms with Crippen LogP contribution in [-0.2, 0) is 17.6 Å². The van der Waals surface area contributed by atoms with Crippen molar-refractivity contribution in [3.63, 3.8) is 0 Å². The minimum absolute atomic E-state index is 0.0356. The number of nitrogens with zero attached hydrogens (tertiary/aromatic N) is 1. The lowest BCUT2D eigenvalue weighted by Crippen LogP contribution is -2.14. The van der Waals surface area contributed by atoms with Crippen LogP contribution in [0.1, 0.15) is 47.2 Å². The van der Waals surface area contributed by atoms with Gasteiger partial charge in [-0.15, -0.1) is 0 Å². The highest BCUT2D eigenvalue weighted by Gasteiger charge is 2.17. The summed E-state index contributed by atoms with van der Waals surface area (Å²) in [6.07, 6.45) is 4.28. The van der Waals surface area contributed by atoms with Crippen LogP contribution in [0.2, 0.25) is 0 Å². The predicted molar refractivity (Wildman–Crippen MR) is 98.3 cm³/mol. The molecule has 0 saturated carbocycles. The summed E-state index contributed by atoms with van der Waals surface area (Å²) < 4.78 is 13.3. The van der Waals surface area contributed by atoms with E-state index in [4.69, 9.17) is 0 Å². The quantitative estimate of drug-likeness (QED) is 0.468. The summed E-state index contributed by atoms with van der Waals surface area (Å²) >= 11 is 0. The number of amides is 1. The average Bonchev–Trinajstić information content (AvgIpc) is 2.67. The van der Waals surface area contributed by atoms with Crippen molar-refractivity contribution in [2.24, 2.45) is 0 Å². The molecule has 0 radical (unpaired) electrons. The fourth-order valence-electron chi connectivity index (χ4n) is 3.23. The van der Waals surface area contributed by atoms with Crippen molar-refractivity contribution >= 4 is 23.1 Å². The van der Waals surface area contributed by atoms with E-state index in [9.17, 15) is 24.1 Å². The van der Waals surface area contributed by atoms with Gasteiger partial charge in [-0.1, -0.05) is 12.1 Å². The Morgan fingerprint density at radius 2 is 1.78 bits per heavy atom. The molecule has 6 nitrogen and oxygen atoms in total. The van der Waals surface area contributed by atoms with Gasteiger partial charge in [0.2, 0.25) is 11.7 Å². The van der Waals surface area contributed by atoms with E-state index in [1.54, 1.807) is 6.07 Å². The van der Waals surface area contributed by atoms with Gasteiger partial charge in [0.1, 0.15) is 0 Å². The Kier molecular flexibility index (Phi) is 5.59. The molecule has 2 aromatic rings. The molecule has 1 N–H and O–H groups in total.